The summed E-state index contributed by atoms with van der Waals surface area (Å²) in [4.78, 5) is 29.1. The van der Waals surface area contributed by atoms with E-state index in [0.29, 0.717) is 30.0 Å². The van der Waals surface area contributed by atoms with Crippen LogP contribution < -0.4 is 5.32 Å². The third-order valence-corrected chi connectivity index (χ3v) is 7.14. The number of nitrogens with zero attached hydrogens (tertiary/aromatic N) is 2. The second-order valence-corrected chi connectivity index (χ2v) is 9.69. The molecule has 2 atom stereocenters. The number of benzene rings is 2. The standard InChI is InChI=1S/C29H37N3O3S/c1-4-6-11-27-31-23(16-30-28(33)26(19-36)20(3)5-2)18-32(27)17-21-12-14-22(15-13-21)24-9-7-8-10-25(24)29(34)35/h7-10,12-15,18,20,26,36H,4-6,11,16-17,19H2,1-3H3,(H,30,33)(H,34,35). The zero-order chi connectivity index (χ0) is 26.1. The maximum absolute atomic E-state index is 12.7. The number of hydrogen-bond acceptors (Lipinski definition) is 4. The van der Waals surface area contributed by atoms with Gasteiger partial charge in [-0.15, -0.1) is 0 Å². The third-order valence-electron chi connectivity index (χ3n) is 6.75. The Morgan fingerprint density at radius 3 is 2.47 bits per heavy atom. The van der Waals surface area contributed by atoms with Gasteiger partial charge in [-0.1, -0.05) is 76.1 Å². The Morgan fingerprint density at radius 1 is 1.11 bits per heavy atom. The molecular formula is C29H37N3O3S. The fraction of sp³-hybridized carbons (Fsp3) is 0.414. The SMILES string of the molecule is CCCCc1nc(CNC(=O)C(CS)C(C)CC)cn1Cc1ccc(-c2ccccc2C(=O)O)cc1. The third kappa shape index (κ3) is 7.00. The van der Waals surface area contributed by atoms with Crippen LogP contribution in [-0.4, -0.2) is 32.3 Å². The minimum absolute atomic E-state index is 0.0289. The van der Waals surface area contributed by atoms with Crippen molar-refractivity contribution < 1.29 is 14.7 Å². The zero-order valence-electron chi connectivity index (χ0n) is 21.4. The second-order valence-electron chi connectivity index (χ2n) is 9.32. The molecule has 6 nitrogen and oxygen atoms in total. The van der Waals surface area contributed by atoms with Crippen LogP contribution in [0.2, 0.25) is 0 Å². The van der Waals surface area contributed by atoms with E-state index >= 15 is 0 Å². The number of nitrogens with one attached hydrogen (secondary N) is 1. The molecule has 1 amide bonds. The van der Waals surface area contributed by atoms with E-state index in [1.54, 1.807) is 12.1 Å². The van der Waals surface area contributed by atoms with Crippen LogP contribution in [0.4, 0.5) is 0 Å². The van der Waals surface area contributed by atoms with Crippen molar-refractivity contribution in [2.45, 2.75) is 59.5 Å². The van der Waals surface area contributed by atoms with Crippen LogP contribution in [0, 0.1) is 11.8 Å². The van der Waals surface area contributed by atoms with Gasteiger partial charge in [0.2, 0.25) is 5.91 Å². The van der Waals surface area contributed by atoms with Gasteiger partial charge in [0.05, 0.1) is 17.8 Å². The molecule has 0 aliphatic rings. The van der Waals surface area contributed by atoms with E-state index in [4.69, 9.17) is 4.98 Å². The summed E-state index contributed by atoms with van der Waals surface area (Å²) in [5.74, 6) is 0.813. The summed E-state index contributed by atoms with van der Waals surface area (Å²) < 4.78 is 2.15. The molecule has 0 spiro atoms. The van der Waals surface area contributed by atoms with Gasteiger partial charge < -0.3 is 15.0 Å². The Balaban J connectivity index is 1.75. The quantitative estimate of drug-likeness (QED) is 0.254. The predicted octanol–water partition coefficient (Wildman–Crippen LogP) is 5.85. The highest BCUT2D eigenvalue weighted by atomic mass is 32.1. The van der Waals surface area contributed by atoms with Gasteiger partial charge in [0.25, 0.3) is 0 Å². The van der Waals surface area contributed by atoms with Crippen molar-refractivity contribution in [3.05, 3.63) is 77.4 Å². The first-order valence-electron chi connectivity index (χ1n) is 12.7. The number of imidazole rings is 1. The molecule has 7 heteroatoms. The molecule has 0 aliphatic heterocycles. The molecule has 2 N–H and O–H groups in total. The molecule has 36 heavy (non-hydrogen) atoms. The van der Waals surface area contributed by atoms with Crippen LogP contribution in [0.1, 0.15) is 67.5 Å². The summed E-state index contributed by atoms with van der Waals surface area (Å²) in [7, 11) is 0. The lowest BCUT2D eigenvalue weighted by atomic mass is 9.92. The number of aryl methyl sites for hydroxylation is 1. The predicted molar refractivity (Wildman–Crippen MR) is 147 cm³/mol. The normalized spacial score (nSPS) is 12.8. The number of thiol groups is 1. The fourth-order valence-electron chi connectivity index (χ4n) is 4.29. The van der Waals surface area contributed by atoms with Crippen molar-refractivity contribution in [1.82, 2.24) is 14.9 Å². The van der Waals surface area contributed by atoms with E-state index in [0.717, 1.165) is 48.3 Å². The average Bonchev–Trinajstić information content (AvgIpc) is 3.28. The maximum atomic E-state index is 12.7. The van der Waals surface area contributed by atoms with Gasteiger partial charge in [-0.25, -0.2) is 9.78 Å². The Morgan fingerprint density at radius 2 is 1.83 bits per heavy atom. The Hall–Kier alpha value is -3.06. The lowest BCUT2D eigenvalue weighted by Crippen LogP contribution is -2.35. The second kappa shape index (κ2) is 13.3. The summed E-state index contributed by atoms with van der Waals surface area (Å²) in [5.41, 5.74) is 3.82. The van der Waals surface area contributed by atoms with Crippen LogP contribution in [0.5, 0.6) is 0 Å². The average molecular weight is 508 g/mol. The number of aromatic nitrogens is 2. The van der Waals surface area contributed by atoms with Crippen molar-refractivity contribution >= 4 is 24.5 Å². The lowest BCUT2D eigenvalue weighted by Gasteiger charge is -2.19. The van der Waals surface area contributed by atoms with E-state index < -0.39 is 5.97 Å². The van der Waals surface area contributed by atoms with Crippen molar-refractivity contribution in [2.75, 3.05) is 5.75 Å². The first kappa shape index (κ1) is 27.5. The molecule has 0 aliphatic carbocycles. The molecule has 2 aromatic carbocycles. The zero-order valence-corrected chi connectivity index (χ0v) is 22.3. The fourth-order valence-corrected chi connectivity index (χ4v) is 4.82. The van der Waals surface area contributed by atoms with Gasteiger partial charge in [-0.2, -0.15) is 12.6 Å². The molecule has 3 aromatic rings. The number of carboxylic acids is 1. The van der Waals surface area contributed by atoms with Gasteiger partial charge in [0.15, 0.2) is 0 Å². The highest BCUT2D eigenvalue weighted by molar-refractivity contribution is 7.80. The van der Waals surface area contributed by atoms with E-state index in [9.17, 15) is 14.7 Å². The lowest BCUT2D eigenvalue weighted by molar-refractivity contribution is -0.125. The van der Waals surface area contributed by atoms with Gasteiger partial charge in [0.1, 0.15) is 5.82 Å². The summed E-state index contributed by atoms with van der Waals surface area (Å²) in [5, 5.41) is 12.6. The van der Waals surface area contributed by atoms with Gasteiger partial charge in [0, 0.05) is 30.8 Å². The summed E-state index contributed by atoms with van der Waals surface area (Å²) in [6.07, 6.45) is 5.96. The smallest absolute Gasteiger partial charge is 0.336 e. The first-order valence-corrected chi connectivity index (χ1v) is 13.4. The number of carboxylic acid groups (broad SMARTS) is 1. The monoisotopic (exact) mass is 507 g/mol. The molecule has 2 unspecified atom stereocenters. The van der Waals surface area contributed by atoms with Crippen LogP contribution >= 0.6 is 12.6 Å². The molecule has 0 fully saturated rings. The molecule has 3 rings (SSSR count). The van der Waals surface area contributed by atoms with Crippen molar-refractivity contribution in [3.63, 3.8) is 0 Å². The molecule has 0 saturated heterocycles. The van der Waals surface area contributed by atoms with Crippen LogP contribution in [0.25, 0.3) is 11.1 Å². The summed E-state index contributed by atoms with van der Waals surface area (Å²) >= 11 is 4.38. The van der Waals surface area contributed by atoms with E-state index in [1.807, 2.05) is 42.6 Å². The number of carbonyl (C=O) groups excluding carboxylic acids is 1. The minimum Gasteiger partial charge on any atom is -0.478 e. The van der Waals surface area contributed by atoms with Crippen molar-refractivity contribution in [1.29, 1.82) is 0 Å². The van der Waals surface area contributed by atoms with E-state index in [2.05, 4.69) is 43.3 Å². The highest BCUT2D eigenvalue weighted by Crippen LogP contribution is 2.25. The van der Waals surface area contributed by atoms with Crippen molar-refractivity contribution in [2.24, 2.45) is 11.8 Å². The number of carbonyl (C=O) groups is 2. The molecule has 192 valence electrons. The van der Waals surface area contributed by atoms with Gasteiger partial charge >= 0.3 is 5.97 Å². The Bertz CT molecular complexity index is 1160. The van der Waals surface area contributed by atoms with Crippen LogP contribution in [0.3, 0.4) is 0 Å². The Labute approximate surface area is 219 Å². The summed E-state index contributed by atoms with van der Waals surface area (Å²) in [6.45, 7) is 7.40. The molecule has 0 radical (unpaired) electrons. The highest BCUT2D eigenvalue weighted by Gasteiger charge is 2.22. The van der Waals surface area contributed by atoms with Gasteiger partial charge in [-0.05, 0) is 35.1 Å². The first-order chi connectivity index (χ1) is 17.4. The Kier molecular flexibility index (Phi) is 10.2. The summed E-state index contributed by atoms with van der Waals surface area (Å²) in [6, 6.07) is 15.0. The maximum Gasteiger partial charge on any atom is 0.336 e. The number of amides is 1. The van der Waals surface area contributed by atoms with Crippen molar-refractivity contribution in [3.8, 4) is 11.1 Å². The van der Waals surface area contributed by atoms with Crippen LogP contribution in [0.15, 0.2) is 54.7 Å². The molecule has 0 saturated carbocycles. The molecule has 1 heterocycles. The number of rotatable bonds is 13. The number of unbranched alkanes of at least 4 members (excludes halogenated alkanes) is 1. The van der Waals surface area contributed by atoms with Crippen LogP contribution in [-0.2, 0) is 24.3 Å². The van der Waals surface area contributed by atoms with E-state index in [-0.39, 0.29) is 17.7 Å². The number of hydrogen-bond donors (Lipinski definition) is 3. The van der Waals surface area contributed by atoms with E-state index in [1.165, 1.54) is 0 Å². The molecular weight excluding hydrogens is 470 g/mol. The minimum atomic E-state index is -0.932. The van der Waals surface area contributed by atoms with Gasteiger partial charge in [-0.3, -0.25) is 4.79 Å². The molecule has 1 aromatic heterocycles. The topological polar surface area (TPSA) is 84.2 Å². The number of aromatic carboxylic acids is 1. The largest absolute Gasteiger partial charge is 0.478 e. The molecule has 0 bridgehead atoms.